The minimum absolute atomic E-state index is 0.0193. The van der Waals surface area contributed by atoms with Crippen LogP contribution in [-0.2, 0) is 23.7 Å². The summed E-state index contributed by atoms with van der Waals surface area (Å²) in [5, 5.41) is 0. The highest BCUT2D eigenvalue weighted by Crippen LogP contribution is 1.82. The van der Waals surface area contributed by atoms with Gasteiger partial charge < -0.3 is 24.7 Å². The molecule has 0 aliphatic carbocycles. The quantitative estimate of drug-likeness (QED) is 0.498. The van der Waals surface area contributed by atoms with Crippen molar-refractivity contribution < 1.29 is 23.7 Å². The topological polar surface area (TPSA) is 80.0 Å². The summed E-state index contributed by atoms with van der Waals surface area (Å²) in [5.74, 6) is 0.0193. The Morgan fingerprint density at radius 1 is 0.789 bits per heavy atom. The first-order valence-corrected chi connectivity index (χ1v) is 6.78. The summed E-state index contributed by atoms with van der Waals surface area (Å²) in [5.41, 5.74) is 5.25. The standard InChI is InChI=1S/C11H23NO5.C2H6/c1-11(13)10-17-9-8-16-7-6-15-5-4-14-3-2-12;1-2/h2-10,12H2,1H3;1-2H3. The molecule has 0 aromatic heterocycles. The maximum atomic E-state index is 10.5. The van der Waals surface area contributed by atoms with Gasteiger partial charge in [-0.1, -0.05) is 13.8 Å². The van der Waals surface area contributed by atoms with Crippen molar-refractivity contribution in [3.8, 4) is 0 Å². The second-order valence-corrected chi connectivity index (χ2v) is 3.38. The fraction of sp³-hybridized carbons (Fsp3) is 0.923. The van der Waals surface area contributed by atoms with Crippen LogP contribution in [0.1, 0.15) is 20.8 Å². The zero-order valence-electron chi connectivity index (χ0n) is 12.5. The zero-order valence-corrected chi connectivity index (χ0v) is 12.5. The van der Waals surface area contributed by atoms with Gasteiger partial charge in [-0.25, -0.2) is 0 Å². The van der Waals surface area contributed by atoms with Crippen LogP contribution in [0, 0.1) is 0 Å². The van der Waals surface area contributed by atoms with Gasteiger partial charge in [0.2, 0.25) is 0 Å². The van der Waals surface area contributed by atoms with E-state index in [-0.39, 0.29) is 12.4 Å². The Kier molecular flexibility index (Phi) is 21.7. The molecular formula is C13H29NO5. The van der Waals surface area contributed by atoms with Crippen LogP contribution in [-0.4, -0.2) is 65.2 Å². The van der Waals surface area contributed by atoms with Crippen molar-refractivity contribution in [1.82, 2.24) is 0 Å². The van der Waals surface area contributed by atoms with Crippen LogP contribution >= 0.6 is 0 Å². The van der Waals surface area contributed by atoms with E-state index in [9.17, 15) is 4.79 Å². The van der Waals surface area contributed by atoms with Crippen LogP contribution in [0.3, 0.4) is 0 Å². The van der Waals surface area contributed by atoms with Crippen LogP contribution in [0.15, 0.2) is 0 Å². The van der Waals surface area contributed by atoms with Crippen LogP contribution < -0.4 is 5.73 Å². The van der Waals surface area contributed by atoms with Crippen molar-refractivity contribution in [1.29, 1.82) is 0 Å². The Morgan fingerprint density at radius 2 is 1.16 bits per heavy atom. The predicted octanol–water partition coefficient (Wildman–Crippen LogP) is 0.627. The number of Topliss-reactive ketones (excluding diaryl/α,β-unsaturated/α-hetero) is 1. The number of ether oxygens (including phenoxy) is 4. The van der Waals surface area contributed by atoms with Gasteiger partial charge in [-0.3, -0.25) is 4.79 Å². The minimum Gasteiger partial charge on any atom is -0.378 e. The lowest BCUT2D eigenvalue weighted by Crippen LogP contribution is -2.15. The summed E-state index contributed by atoms with van der Waals surface area (Å²) >= 11 is 0. The Morgan fingerprint density at radius 3 is 1.53 bits per heavy atom. The van der Waals surface area contributed by atoms with E-state index < -0.39 is 0 Å². The fourth-order valence-electron chi connectivity index (χ4n) is 0.959. The molecule has 6 nitrogen and oxygen atoms in total. The molecule has 0 amide bonds. The number of carbonyl (C=O) groups excluding carboxylic acids is 1. The molecule has 0 aliphatic heterocycles. The van der Waals surface area contributed by atoms with Crippen molar-refractivity contribution in [3.05, 3.63) is 0 Å². The largest absolute Gasteiger partial charge is 0.378 e. The molecule has 0 aromatic carbocycles. The van der Waals surface area contributed by atoms with E-state index in [1.54, 1.807) is 0 Å². The lowest BCUT2D eigenvalue weighted by Gasteiger charge is -2.06. The highest BCUT2D eigenvalue weighted by Gasteiger charge is 1.94. The third-order valence-electron chi connectivity index (χ3n) is 1.68. The fourth-order valence-corrected chi connectivity index (χ4v) is 0.959. The van der Waals surface area contributed by atoms with E-state index >= 15 is 0 Å². The van der Waals surface area contributed by atoms with Crippen molar-refractivity contribution in [2.75, 3.05) is 59.4 Å². The highest BCUT2D eigenvalue weighted by molar-refractivity contribution is 5.76. The van der Waals surface area contributed by atoms with Gasteiger partial charge in [-0.2, -0.15) is 0 Å². The summed E-state index contributed by atoms with van der Waals surface area (Å²) < 4.78 is 20.6. The molecule has 19 heavy (non-hydrogen) atoms. The predicted molar refractivity (Wildman–Crippen MR) is 74.4 cm³/mol. The van der Waals surface area contributed by atoms with Crippen molar-refractivity contribution in [2.45, 2.75) is 20.8 Å². The summed E-state index contributed by atoms with van der Waals surface area (Å²) in [4.78, 5) is 10.5. The number of nitrogens with two attached hydrogens (primary N) is 1. The molecule has 0 spiro atoms. The lowest BCUT2D eigenvalue weighted by molar-refractivity contribution is -0.122. The third-order valence-corrected chi connectivity index (χ3v) is 1.68. The van der Waals surface area contributed by atoms with Crippen molar-refractivity contribution in [2.24, 2.45) is 5.73 Å². The van der Waals surface area contributed by atoms with E-state index in [0.717, 1.165) is 0 Å². The molecule has 0 bridgehead atoms. The number of hydrogen-bond donors (Lipinski definition) is 1. The van der Waals surface area contributed by atoms with Crippen LogP contribution in [0.4, 0.5) is 0 Å². The lowest BCUT2D eigenvalue weighted by atomic mass is 10.5. The van der Waals surface area contributed by atoms with Gasteiger partial charge in [-0.15, -0.1) is 0 Å². The maximum Gasteiger partial charge on any atom is 0.155 e. The molecule has 0 aliphatic rings. The molecule has 0 unspecified atom stereocenters. The van der Waals surface area contributed by atoms with Crippen LogP contribution in [0.25, 0.3) is 0 Å². The zero-order chi connectivity index (χ0) is 14.8. The van der Waals surface area contributed by atoms with E-state index in [1.165, 1.54) is 6.92 Å². The van der Waals surface area contributed by atoms with Crippen molar-refractivity contribution in [3.63, 3.8) is 0 Å². The summed E-state index contributed by atoms with van der Waals surface area (Å²) in [6, 6.07) is 0. The van der Waals surface area contributed by atoms with Gasteiger partial charge in [0.15, 0.2) is 5.78 Å². The van der Waals surface area contributed by atoms with Gasteiger partial charge in [0.05, 0.1) is 46.2 Å². The van der Waals surface area contributed by atoms with Gasteiger partial charge >= 0.3 is 0 Å². The Hall–Kier alpha value is -0.530. The van der Waals surface area contributed by atoms with Crippen LogP contribution in [0.2, 0.25) is 0 Å². The molecular weight excluding hydrogens is 250 g/mol. The average molecular weight is 279 g/mol. The second kappa shape index (κ2) is 19.8. The molecule has 0 aromatic rings. The van der Waals surface area contributed by atoms with E-state index in [0.29, 0.717) is 52.8 Å². The first-order valence-electron chi connectivity index (χ1n) is 6.78. The molecule has 0 saturated carbocycles. The van der Waals surface area contributed by atoms with Gasteiger partial charge in [0.1, 0.15) is 6.61 Å². The number of ketones is 1. The molecule has 0 fully saturated rings. The van der Waals surface area contributed by atoms with Crippen LogP contribution in [0.5, 0.6) is 0 Å². The normalized spacial score (nSPS) is 9.89. The molecule has 0 rings (SSSR count). The number of rotatable bonds is 13. The molecule has 0 radical (unpaired) electrons. The van der Waals surface area contributed by atoms with Gasteiger partial charge in [0, 0.05) is 6.54 Å². The first-order chi connectivity index (χ1) is 9.27. The Bertz CT molecular complexity index is 178. The maximum absolute atomic E-state index is 10.5. The summed E-state index contributed by atoms with van der Waals surface area (Å²) in [6.45, 7) is 9.78. The Balaban J connectivity index is 0. The van der Waals surface area contributed by atoms with E-state index in [4.69, 9.17) is 24.7 Å². The molecule has 2 N–H and O–H groups in total. The van der Waals surface area contributed by atoms with Crippen molar-refractivity contribution >= 4 is 5.78 Å². The number of hydrogen-bond acceptors (Lipinski definition) is 6. The SMILES string of the molecule is CC.CC(=O)COCCOCCOCCOCCN. The molecule has 0 heterocycles. The number of carbonyl (C=O) groups is 1. The Labute approximate surface area is 116 Å². The van der Waals surface area contributed by atoms with Gasteiger partial charge in [0.25, 0.3) is 0 Å². The van der Waals surface area contributed by atoms with E-state index in [1.807, 2.05) is 13.8 Å². The average Bonchev–Trinajstić information content (AvgIpc) is 2.42. The first kappa shape index (κ1) is 20.8. The summed E-state index contributed by atoms with van der Waals surface area (Å²) in [6.07, 6.45) is 0. The second-order valence-electron chi connectivity index (χ2n) is 3.38. The monoisotopic (exact) mass is 279 g/mol. The molecule has 6 heteroatoms. The third kappa shape index (κ3) is 23.0. The minimum atomic E-state index is 0.0193. The molecule has 116 valence electrons. The summed E-state index contributed by atoms with van der Waals surface area (Å²) in [7, 11) is 0. The molecule has 0 atom stereocenters. The smallest absolute Gasteiger partial charge is 0.155 e. The molecule has 0 saturated heterocycles. The highest BCUT2D eigenvalue weighted by atomic mass is 16.6. The van der Waals surface area contributed by atoms with Gasteiger partial charge in [-0.05, 0) is 6.92 Å². The van der Waals surface area contributed by atoms with E-state index in [2.05, 4.69) is 0 Å².